The summed E-state index contributed by atoms with van der Waals surface area (Å²) >= 11 is 0. The van der Waals surface area contributed by atoms with Gasteiger partial charge in [-0.2, -0.15) is 0 Å². The molecule has 1 aliphatic heterocycles. The Morgan fingerprint density at radius 2 is 1.77 bits per heavy atom. The van der Waals surface area contributed by atoms with E-state index in [-0.39, 0.29) is 17.6 Å². The third-order valence-electron chi connectivity index (χ3n) is 5.54. The molecule has 1 aliphatic rings. The molecule has 6 nitrogen and oxygen atoms in total. The fourth-order valence-electron chi connectivity index (χ4n) is 3.90. The molecule has 0 saturated carbocycles. The van der Waals surface area contributed by atoms with Crippen molar-refractivity contribution in [3.8, 4) is 0 Å². The second-order valence-corrected chi connectivity index (χ2v) is 7.90. The lowest BCUT2D eigenvalue weighted by molar-refractivity contribution is 0.181. The molecule has 0 bridgehead atoms. The number of rotatable bonds is 7. The van der Waals surface area contributed by atoms with E-state index in [1.165, 1.54) is 6.07 Å². The van der Waals surface area contributed by atoms with Gasteiger partial charge in [0.05, 0.1) is 18.3 Å². The topological polar surface area (TPSA) is 72.4 Å². The van der Waals surface area contributed by atoms with Crippen LogP contribution in [0.4, 0.5) is 10.5 Å². The number of aromatic nitrogens is 1. The number of carbonyl (C=O) groups is 1. The highest BCUT2D eigenvalue weighted by molar-refractivity contribution is 5.89. The lowest BCUT2D eigenvalue weighted by atomic mass is 9.94. The molecule has 2 amide bonds. The number of carbonyl (C=O) groups excluding carboxylic acids is 1. The molecule has 160 valence electrons. The second kappa shape index (κ2) is 10.1. The first-order valence-electron chi connectivity index (χ1n) is 10.6. The van der Waals surface area contributed by atoms with Gasteiger partial charge >= 0.3 is 6.03 Å². The normalized spacial score (nSPS) is 16.6. The van der Waals surface area contributed by atoms with Crippen molar-refractivity contribution in [2.45, 2.75) is 25.4 Å². The molecule has 3 aromatic rings. The van der Waals surface area contributed by atoms with Gasteiger partial charge in [0.2, 0.25) is 0 Å². The maximum atomic E-state index is 12.8. The zero-order valence-electron chi connectivity index (χ0n) is 17.4. The van der Waals surface area contributed by atoms with Crippen LogP contribution in [0.15, 0.2) is 83.8 Å². The maximum absolute atomic E-state index is 12.8. The van der Waals surface area contributed by atoms with Gasteiger partial charge in [-0.05, 0) is 36.0 Å². The highest BCUT2D eigenvalue weighted by Gasteiger charge is 2.23. The number of benzene rings is 2. The monoisotopic (exact) mass is 417 g/mol. The van der Waals surface area contributed by atoms with Crippen LogP contribution in [0.3, 0.4) is 0 Å². The SMILES string of the molecule is O=C(Nc1ccc(=O)n(Cc2ccccc2)c1)NC(CC1CCOC1)c1ccccc1. The molecule has 1 aromatic heterocycles. The van der Waals surface area contributed by atoms with E-state index in [4.69, 9.17) is 4.74 Å². The first-order chi connectivity index (χ1) is 15.2. The molecule has 2 heterocycles. The van der Waals surface area contributed by atoms with E-state index in [2.05, 4.69) is 10.6 Å². The van der Waals surface area contributed by atoms with Crippen molar-refractivity contribution in [3.63, 3.8) is 0 Å². The fraction of sp³-hybridized carbons (Fsp3) is 0.280. The summed E-state index contributed by atoms with van der Waals surface area (Å²) in [5.74, 6) is 0.429. The molecule has 6 heteroatoms. The van der Waals surface area contributed by atoms with Crippen molar-refractivity contribution in [1.82, 2.24) is 9.88 Å². The van der Waals surface area contributed by atoms with Gasteiger partial charge in [0.1, 0.15) is 0 Å². The highest BCUT2D eigenvalue weighted by atomic mass is 16.5. The third kappa shape index (κ3) is 5.83. The van der Waals surface area contributed by atoms with Crippen molar-refractivity contribution >= 4 is 11.7 Å². The number of pyridine rings is 1. The molecule has 0 aliphatic carbocycles. The largest absolute Gasteiger partial charge is 0.381 e. The van der Waals surface area contributed by atoms with Crippen LogP contribution in [-0.2, 0) is 11.3 Å². The molecular weight excluding hydrogens is 390 g/mol. The Hall–Kier alpha value is -3.38. The van der Waals surface area contributed by atoms with Gasteiger partial charge in [0, 0.05) is 25.5 Å². The molecule has 4 rings (SSSR count). The minimum Gasteiger partial charge on any atom is -0.381 e. The average molecular weight is 418 g/mol. The minimum absolute atomic E-state index is 0.108. The average Bonchev–Trinajstić information content (AvgIpc) is 3.30. The second-order valence-electron chi connectivity index (χ2n) is 7.90. The van der Waals surface area contributed by atoms with Crippen molar-refractivity contribution < 1.29 is 9.53 Å². The number of nitrogens with one attached hydrogen (secondary N) is 2. The number of urea groups is 1. The number of nitrogens with zero attached hydrogens (tertiary/aromatic N) is 1. The number of hydrogen-bond donors (Lipinski definition) is 2. The Morgan fingerprint density at radius 1 is 1.03 bits per heavy atom. The van der Waals surface area contributed by atoms with E-state index >= 15 is 0 Å². The Labute approximate surface area is 181 Å². The first kappa shape index (κ1) is 20.9. The smallest absolute Gasteiger partial charge is 0.319 e. The number of amides is 2. The summed E-state index contributed by atoms with van der Waals surface area (Å²) in [6.45, 7) is 1.96. The molecule has 31 heavy (non-hydrogen) atoms. The fourth-order valence-corrected chi connectivity index (χ4v) is 3.90. The Morgan fingerprint density at radius 3 is 2.48 bits per heavy atom. The zero-order valence-corrected chi connectivity index (χ0v) is 17.4. The van der Waals surface area contributed by atoms with Gasteiger partial charge in [0.25, 0.3) is 5.56 Å². The van der Waals surface area contributed by atoms with E-state index < -0.39 is 0 Å². The van der Waals surface area contributed by atoms with E-state index in [0.29, 0.717) is 18.2 Å². The summed E-state index contributed by atoms with van der Waals surface area (Å²) in [5, 5.41) is 5.98. The van der Waals surface area contributed by atoms with Gasteiger partial charge in [0.15, 0.2) is 0 Å². The van der Waals surface area contributed by atoms with Crippen LogP contribution in [0.5, 0.6) is 0 Å². The van der Waals surface area contributed by atoms with Crippen LogP contribution in [0.1, 0.15) is 30.0 Å². The Bertz CT molecular complexity index is 1040. The zero-order chi connectivity index (χ0) is 21.5. The Balaban J connectivity index is 1.44. The molecule has 1 saturated heterocycles. The van der Waals surface area contributed by atoms with Crippen LogP contribution in [-0.4, -0.2) is 23.8 Å². The van der Waals surface area contributed by atoms with E-state index in [1.54, 1.807) is 16.8 Å². The molecular formula is C25H27N3O3. The Kier molecular flexibility index (Phi) is 6.79. The van der Waals surface area contributed by atoms with Crippen LogP contribution in [0.25, 0.3) is 0 Å². The van der Waals surface area contributed by atoms with Gasteiger partial charge in [-0.3, -0.25) is 4.79 Å². The summed E-state index contributed by atoms with van der Waals surface area (Å²) in [7, 11) is 0. The van der Waals surface area contributed by atoms with Gasteiger partial charge in [-0.1, -0.05) is 60.7 Å². The molecule has 2 aromatic carbocycles. The van der Waals surface area contributed by atoms with E-state index in [0.717, 1.165) is 37.2 Å². The molecule has 2 N–H and O–H groups in total. The van der Waals surface area contributed by atoms with Gasteiger partial charge in [-0.15, -0.1) is 0 Å². The van der Waals surface area contributed by atoms with E-state index in [9.17, 15) is 9.59 Å². The van der Waals surface area contributed by atoms with Crippen molar-refractivity contribution in [1.29, 1.82) is 0 Å². The van der Waals surface area contributed by atoms with Crippen LogP contribution >= 0.6 is 0 Å². The molecule has 2 unspecified atom stereocenters. The number of hydrogen-bond acceptors (Lipinski definition) is 3. The third-order valence-corrected chi connectivity index (χ3v) is 5.54. The molecule has 0 radical (unpaired) electrons. The number of anilines is 1. The summed E-state index contributed by atoms with van der Waals surface area (Å²) in [4.78, 5) is 25.0. The molecule has 1 fully saturated rings. The van der Waals surface area contributed by atoms with Gasteiger partial charge < -0.3 is 19.9 Å². The lowest BCUT2D eigenvalue weighted by Crippen LogP contribution is -2.34. The highest BCUT2D eigenvalue weighted by Crippen LogP contribution is 2.26. The van der Waals surface area contributed by atoms with Crippen LogP contribution < -0.4 is 16.2 Å². The van der Waals surface area contributed by atoms with Crippen LogP contribution in [0, 0.1) is 5.92 Å². The predicted octanol–water partition coefficient (Wildman–Crippen LogP) is 4.19. The molecule has 2 atom stereocenters. The summed E-state index contributed by atoms with van der Waals surface area (Å²) in [6, 6.07) is 22.4. The van der Waals surface area contributed by atoms with Gasteiger partial charge in [-0.25, -0.2) is 4.79 Å². The standard InChI is InChI=1S/C25H27N3O3/c29-24-12-11-22(17-28(24)16-19-7-3-1-4-8-19)26-25(30)27-23(15-20-13-14-31-18-20)21-9-5-2-6-10-21/h1-12,17,20,23H,13-16,18H2,(H2,26,27,30). The summed E-state index contributed by atoms with van der Waals surface area (Å²) in [5.41, 5.74) is 2.55. The quantitative estimate of drug-likeness (QED) is 0.606. The predicted molar refractivity (Wildman–Crippen MR) is 121 cm³/mol. The first-order valence-corrected chi connectivity index (χ1v) is 10.6. The van der Waals surface area contributed by atoms with Crippen molar-refractivity contribution in [2.75, 3.05) is 18.5 Å². The maximum Gasteiger partial charge on any atom is 0.319 e. The minimum atomic E-state index is -0.294. The number of ether oxygens (including phenoxy) is 1. The van der Waals surface area contributed by atoms with Crippen LogP contribution in [0.2, 0.25) is 0 Å². The van der Waals surface area contributed by atoms with E-state index in [1.807, 2.05) is 60.7 Å². The summed E-state index contributed by atoms with van der Waals surface area (Å²) in [6.07, 6.45) is 3.51. The lowest BCUT2D eigenvalue weighted by Gasteiger charge is -2.22. The summed E-state index contributed by atoms with van der Waals surface area (Å²) < 4.78 is 7.10. The van der Waals surface area contributed by atoms with Crippen molar-refractivity contribution in [2.24, 2.45) is 5.92 Å². The van der Waals surface area contributed by atoms with Crippen molar-refractivity contribution in [3.05, 3.63) is 100 Å². The molecule has 0 spiro atoms.